The Morgan fingerprint density at radius 3 is 2.52 bits per heavy atom. The third kappa shape index (κ3) is 3.89. The van der Waals surface area contributed by atoms with E-state index in [0.29, 0.717) is 6.07 Å². The summed E-state index contributed by atoms with van der Waals surface area (Å²) in [5, 5.41) is 9.17. The van der Waals surface area contributed by atoms with Crippen LogP contribution in [0.1, 0.15) is 40.9 Å². The van der Waals surface area contributed by atoms with E-state index in [9.17, 15) is 26.7 Å². The van der Waals surface area contributed by atoms with Crippen molar-refractivity contribution in [3.05, 3.63) is 22.9 Å². The van der Waals surface area contributed by atoms with E-state index in [2.05, 4.69) is 4.98 Å². The van der Waals surface area contributed by atoms with Crippen molar-refractivity contribution in [2.45, 2.75) is 38.3 Å². The first-order valence-corrected chi connectivity index (χ1v) is 6.96. The van der Waals surface area contributed by atoms with Crippen molar-refractivity contribution in [1.82, 2.24) is 4.98 Å². The minimum Gasteiger partial charge on any atom is -0.478 e. The number of aromatic nitrogens is 1. The van der Waals surface area contributed by atoms with E-state index in [1.807, 2.05) is 0 Å². The van der Waals surface area contributed by atoms with Crippen LogP contribution in [0.15, 0.2) is 6.07 Å². The van der Waals surface area contributed by atoms with E-state index in [0.717, 1.165) is 6.92 Å². The Bertz CT molecular complexity index is 616. The van der Waals surface area contributed by atoms with Gasteiger partial charge in [0.1, 0.15) is 11.4 Å². The first-order chi connectivity index (χ1) is 10.5. The van der Waals surface area contributed by atoms with E-state index in [4.69, 9.17) is 5.11 Å². The molecule has 0 bridgehead atoms. The fourth-order valence-corrected chi connectivity index (χ4v) is 2.55. The molecule has 2 heterocycles. The summed E-state index contributed by atoms with van der Waals surface area (Å²) < 4.78 is 65.5. The Balaban J connectivity index is 2.46. The van der Waals surface area contributed by atoms with Gasteiger partial charge in [-0.2, -0.15) is 13.2 Å². The summed E-state index contributed by atoms with van der Waals surface area (Å²) in [6, 6.07) is 0.517. The van der Waals surface area contributed by atoms with Crippen molar-refractivity contribution in [2.24, 2.45) is 0 Å². The number of hydrogen-bond acceptors (Lipinski definition) is 3. The van der Waals surface area contributed by atoms with Gasteiger partial charge < -0.3 is 10.0 Å². The summed E-state index contributed by atoms with van der Waals surface area (Å²) in [6.07, 6.45) is -5.46. The SMILES string of the molecule is Cc1nc(N2CCCC(F)(F)CC2)c(C(=O)O)cc1C(F)(F)F. The van der Waals surface area contributed by atoms with Gasteiger partial charge in [0.2, 0.25) is 5.92 Å². The molecule has 9 heteroatoms. The predicted molar refractivity (Wildman–Crippen MR) is 71.9 cm³/mol. The number of aromatic carboxylic acids is 1. The standard InChI is InChI=1S/C14H15F5N2O2/c1-8-10(14(17,18)19)7-9(12(22)23)11(20-8)21-5-2-3-13(15,16)4-6-21/h7H,2-6H2,1H3,(H,22,23). The zero-order valence-electron chi connectivity index (χ0n) is 12.3. The van der Waals surface area contributed by atoms with Crippen LogP contribution in [0.25, 0.3) is 0 Å². The summed E-state index contributed by atoms with van der Waals surface area (Å²) in [6.45, 7) is 1.07. The fraction of sp³-hybridized carbons (Fsp3) is 0.571. The van der Waals surface area contributed by atoms with Crippen molar-refractivity contribution in [3.63, 3.8) is 0 Å². The second-order valence-corrected chi connectivity index (χ2v) is 5.49. The average molecular weight is 338 g/mol. The largest absolute Gasteiger partial charge is 0.478 e. The van der Waals surface area contributed by atoms with E-state index in [-0.39, 0.29) is 37.4 Å². The maximum Gasteiger partial charge on any atom is 0.418 e. The Morgan fingerprint density at radius 1 is 1.30 bits per heavy atom. The van der Waals surface area contributed by atoms with Crippen LogP contribution in [-0.2, 0) is 6.18 Å². The van der Waals surface area contributed by atoms with E-state index < -0.39 is 35.6 Å². The highest BCUT2D eigenvalue weighted by molar-refractivity contribution is 5.93. The maximum atomic E-state index is 13.4. The average Bonchev–Trinajstić information content (AvgIpc) is 2.57. The van der Waals surface area contributed by atoms with Crippen LogP contribution in [0.5, 0.6) is 0 Å². The Labute approximate surface area is 128 Å². The summed E-state index contributed by atoms with van der Waals surface area (Å²) in [5.41, 5.74) is -2.15. The second kappa shape index (κ2) is 5.93. The van der Waals surface area contributed by atoms with Gasteiger partial charge in [0, 0.05) is 25.9 Å². The number of pyridine rings is 1. The number of carboxylic acids is 1. The van der Waals surface area contributed by atoms with Crippen LogP contribution in [0.2, 0.25) is 0 Å². The molecule has 1 N–H and O–H groups in total. The van der Waals surface area contributed by atoms with Crippen molar-refractivity contribution in [2.75, 3.05) is 18.0 Å². The number of hydrogen-bond donors (Lipinski definition) is 1. The highest BCUT2D eigenvalue weighted by atomic mass is 19.4. The molecule has 0 aliphatic carbocycles. The molecule has 128 valence electrons. The predicted octanol–water partition coefficient (Wildman–Crippen LogP) is 3.73. The maximum absolute atomic E-state index is 13.4. The molecule has 1 aliphatic heterocycles. The molecule has 0 unspecified atom stereocenters. The summed E-state index contributed by atoms with van der Waals surface area (Å²) in [7, 11) is 0. The molecule has 4 nitrogen and oxygen atoms in total. The molecular weight excluding hydrogens is 323 g/mol. The number of rotatable bonds is 2. The normalized spacial score (nSPS) is 18.6. The third-order valence-electron chi connectivity index (χ3n) is 3.75. The van der Waals surface area contributed by atoms with Gasteiger partial charge in [-0.15, -0.1) is 0 Å². The molecule has 0 atom stereocenters. The van der Waals surface area contributed by atoms with Gasteiger partial charge in [-0.3, -0.25) is 0 Å². The molecule has 1 aromatic rings. The topological polar surface area (TPSA) is 53.4 Å². The molecular formula is C14H15F5N2O2. The number of halogens is 5. The minimum atomic E-state index is -4.73. The number of nitrogens with zero attached hydrogens (tertiary/aromatic N) is 2. The summed E-state index contributed by atoms with van der Waals surface area (Å²) in [4.78, 5) is 16.4. The molecule has 0 aromatic carbocycles. The summed E-state index contributed by atoms with van der Waals surface area (Å²) >= 11 is 0. The first-order valence-electron chi connectivity index (χ1n) is 6.96. The highest BCUT2D eigenvalue weighted by Gasteiger charge is 2.37. The van der Waals surface area contributed by atoms with Crippen molar-refractivity contribution >= 4 is 11.8 Å². The second-order valence-electron chi connectivity index (χ2n) is 5.49. The van der Waals surface area contributed by atoms with Crippen LogP contribution in [0, 0.1) is 6.92 Å². The smallest absolute Gasteiger partial charge is 0.418 e. The quantitative estimate of drug-likeness (QED) is 0.835. The van der Waals surface area contributed by atoms with Gasteiger partial charge in [-0.05, 0) is 19.4 Å². The van der Waals surface area contributed by atoms with Crippen LogP contribution in [-0.4, -0.2) is 35.1 Å². The number of anilines is 1. The lowest BCUT2D eigenvalue weighted by Gasteiger charge is -2.24. The van der Waals surface area contributed by atoms with Crippen LogP contribution in [0.4, 0.5) is 27.8 Å². The van der Waals surface area contributed by atoms with Gasteiger partial charge in [0.15, 0.2) is 0 Å². The number of carbonyl (C=O) groups is 1. The zero-order chi connectivity index (χ0) is 17.4. The Kier molecular flexibility index (Phi) is 4.50. The van der Waals surface area contributed by atoms with Gasteiger partial charge in [-0.25, -0.2) is 18.6 Å². The first kappa shape index (κ1) is 17.4. The van der Waals surface area contributed by atoms with Gasteiger partial charge in [-0.1, -0.05) is 0 Å². The highest BCUT2D eigenvalue weighted by Crippen LogP contribution is 2.35. The Morgan fingerprint density at radius 2 is 1.96 bits per heavy atom. The molecule has 0 saturated carbocycles. The lowest BCUT2D eigenvalue weighted by atomic mass is 10.1. The fourth-order valence-electron chi connectivity index (χ4n) is 2.55. The molecule has 1 aromatic heterocycles. The van der Waals surface area contributed by atoms with Crippen LogP contribution in [0.3, 0.4) is 0 Å². The van der Waals surface area contributed by atoms with E-state index in [1.54, 1.807) is 0 Å². The van der Waals surface area contributed by atoms with Crippen molar-refractivity contribution in [3.8, 4) is 0 Å². The summed E-state index contributed by atoms with van der Waals surface area (Å²) in [5.74, 6) is -4.63. The van der Waals surface area contributed by atoms with Gasteiger partial charge >= 0.3 is 12.1 Å². The number of alkyl halides is 5. The molecule has 2 rings (SSSR count). The van der Waals surface area contributed by atoms with Gasteiger partial charge in [0.25, 0.3) is 0 Å². The van der Waals surface area contributed by atoms with Crippen molar-refractivity contribution in [1.29, 1.82) is 0 Å². The number of aryl methyl sites for hydroxylation is 1. The molecule has 0 radical (unpaired) electrons. The van der Waals surface area contributed by atoms with Crippen LogP contribution >= 0.6 is 0 Å². The zero-order valence-corrected chi connectivity index (χ0v) is 12.3. The lowest BCUT2D eigenvalue weighted by Crippen LogP contribution is -2.29. The third-order valence-corrected chi connectivity index (χ3v) is 3.75. The molecule has 23 heavy (non-hydrogen) atoms. The van der Waals surface area contributed by atoms with Crippen LogP contribution < -0.4 is 4.90 Å². The lowest BCUT2D eigenvalue weighted by molar-refractivity contribution is -0.138. The van der Waals surface area contributed by atoms with Crippen molar-refractivity contribution < 1.29 is 31.9 Å². The molecule has 1 fully saturated rings. The van der Waals surface area contributed by atoms with E-state index >= 15 is 0 Å². The monoisotopic (exact) mass is 338 g/mol. The van der Waals surface area contributed by atoms with E-state index in [1.165, 1.54) is 4.90 Å². The number of carboxylic acid groups (broad SMARTS) is 1. The molecule has 0 spiro atoms. The molecule has 1 aliphatic rings. The molecule has 0 amide bonds. The Hall–Kier alpha value is -1.93. The minimum absolute atomic E-state index is 0.105. The van der Waals surface area contributed by atoms with Gasteiger partial charge in [0.05, 0.1) is 11.3 Å². The molecule has 1 saturated heterocycles.